The van der Waals surface area contributed by atoms with E-state index in [0.717, 1.165) is 39.1 Å². The number of aryl methyl sites for hydroxylation is 2. The van der Waals surface area contributed by atoms with Gasteiger partial charge in [0, 0.05) is 38.4 Å². The highest BCUT2D eigenvalue weighted by atomic mass is 16.4. The average Bonchev–Trinajstić information content (AvgIpc) is 3.22. The fourth-order valence-corrected chi connectivity index (χ4v) is 3.31. The summed E-state index contributed by atoms with van der Waals surface area (Å²) in [6.45, 7) is 9.41. The third kappa shape index (κ3) is 3.21. The van der Waals surface area contributed by atoms with Crippen LogP contribution in [-0.4, -0.2) is 48.7 Å². The summed E-state index contributed by atoms with van der Waals surface area (Å²) in [4.78, 5) is 15.8. The molecule has 2 atom stereocenters. The quantitative estimate of drug-likeness (QED) is 0.922. The second-order valence-electron chi connectivity index (χ2n) is 6.52. The molecule has 2 fully saturated rings. The molecule has 0 spiro atoms. The molecular formula is C17H24N2O2. The van der Waals surface area contributed by atoms with Gasteiger partial charge in [0.25, 0.3) is 0 Å². The number of anilines is 1. The van der Waals surface area contributed by atoms with E-state index in [9.17, 15) is 4.79 Å². The Morgan fingerprint density at radius 2 is 1.95 bits per heavy atom. The Hall–Kier alpha value is -1.55. The molecular weight excluding hydrogens is 264 g/mol. The zero-order chi connectivity index (χ0) is 15.0. The Morgan fingerprint density at radius 3 is 2.57 bits per heavy atom. The van der Waals surface area contributed by atoms with Gasteiger partial charge in [-0.2, -0.15) is 0 Å². The van der Waals surface area contributed by atoms with Crippen molar-refractivity contribution in [2.45, 2.75) is 20.3 Å². The van der Waals surface area contributed by atoms with E-state index in [1.807, 2.05) is 0 Å². The van der Waals surface area contributed by atoms with Crippen LogP contribution in [0.3, 0.4) is 0 Å². The number of piperazine rings is 1. The summed E-state index contributed by atoms with van der Waals surface area (Å²) in [6.07, 6.45) is 0.868. The summed E-state index contributed by atoms with van der Waals surface area (Å²) in [7, 11) is 0. The molecule has 0 bridgehead atoms. The maximum atomic E-state index is 10.9. The molecule has 1 aliphatic heterocycles. The molecule has 1 aromatic rings. The van der Waals surface area contributed by atoms with Gasteiger partial charge in [0.1, 0.15) is 0 Å². The minimum atomic E-state index is -0.617. The zero-order valence-corrected chi connectivity index (χ0v) is 12.9. The highest BCUT2D eigenvalue weighted by molar-refractivity contribution is 5.73. The van der Waals surface area contributed by atoms with E-state index >= 15 is 0 Å². The lowest BCUT2D eigenvalue weighted by Crippen LogP contribution is -2.47. The lowest BCUT2D eigenvalue weighted by atomic mass is 10.1. The van der Waals surface area contributed by atoms with Crippen LogP contribution in [0.2, 0.25) is 0 Å². The van der Waals surface area contributed by atoms with E-state index in [1.54, 1.807) is 0 Å². The van der Waals surface area contributed by atoms with E-state index in [4.69, 9.17) is 5.11 Å². The molecule has 3 rings (SSSR count). The third-order valence-corrected chi connectivity index (χ3v) is 4.81. The highest BCUT2D eigenvalue weighted by Gasteiger charge is 2.44. The van der Waals surface area contributed by atoms with Crippen LogP contribution in [0.15, 0.2) is 18.2 Å². The summed E-state index contributed by atoms with van der Waals surface area (Å²) < 4.78 is 0. The monoisotopic (exact) mass is 288 g/mol. The number of carboxylic acids is 1. The zero-order valence-electron chi connectivity index (χ0n) is 12.9. The SMILES string of the molecule is Cc1ccc(C)c(N2CCN(C[C@@H]3CC3C(=O)O)CC2)c1. The van der Waals surface area contributed by atoms with Gasteiger partial charge in [-0.05, 0) is 43.4 Å². The van der Waals surface area contributed by atoms with Crippen molar-refractivity contribution in [2.24, 2.45) is 11.8 Å². The first kappa shape index (κ1) is 14.4. The third-order valence-electron chi connectivity index (χ3n) is 4.81. The highest BCUT2D eigenvalue weighted by Crippen LogP contribution is 2.39. The van der Waals surface area contributed by atoms with Gasteiger partial charge in [-0.3, -0.25) is 9.69 Å². The summed E-state index contributed by atoms with van der Waals surface area (Å²) in [5, 5.41) is 8.97. The smallest absolute Gasteiger partial charge is 0.306 e. The van der Waals surface area contributed by atoms with Crippen molar-refractivity contribution in [1.29, 1.82) is 0 Å². The second kappa shape index (κ2) is 5.68. The van der Waals surface area contributed by atoms with Crippen LogP contribution in [0, 0.1) is 25.7 Å². The maximum Gasteiger partial charge on any atom is 0.306 e. The molecule has 1 heterocycles. The Bertz CT molecular complexity index is 536. The van der Waals surface area contributed by atoms with Gasteiger partial charge in [0.2, 0.25) is 0 Å². The lowest BCUT2D eigenvalue weighted by molar-refractivity contribution is -0.138. The number of benzene rings is 1. The summed E-state index contributed by atoms with van der Waals surface area (Å²) in [6, 6.07) is 6.62. The number of nitrogens with zero attached hydrogens (tertiary/aromatic N) is 2. The van der Waals surface area contributed by atoms with Crippen LogP contribution >= 0.6 is 0 Å². The molecule has 1 unspecified atom stereocenters. The van der Waals surface area contributed by atoms with Gasteiger partial charge >= 0.3 is 5.97 Å². The molecule has 1 saturated heterocycles. The first-order valence-electron chi connectivity index (χ1n) is 7.82. The minimum Gasteiger partial charge on any atom is -0.481 e. The van der Waals surface area contributed by atoms with Gasteiger partial charge in [-0.25, -0.2) is 0 Å². The van der Waals surface area contributed by atoms with Crippen molar-refractivity contribution in [1.82, 2.24) is 4.90 Å². The van der Waals surface area contributed by atoms with Gasteiger partial charge in [-0.15, -0.1) is 0 Å². The van der Waals surface area contributed by atoms with Gasteiger partial charge < -0.3 is 10.0 Å². The van der Waals surface area contributed by atoms with Crippen LogP contribution in [0.4, 0.5) is 5.69 Å². The van der Waals surface area contributed by atoms with E-state index in [2.05, 4.69) is 41.8 Å². The Morgan fingerprint density at radius 1 is 1.24 bits per heavy atom. The first-order valence-corrected chi connectivity index (χ1v) is 7.82. The Balaban J connectivity index is 1.53. The van der Waals surface area contributed by atoms with Crippen molar-refractivity contribution >= 4 is 11.7 Å². The molecule has 2 aliphatic rings. The minimum absolute atomic E-state index is 0.0814. The number of aliphatic carboxylic acids is 1. The normalized spacial score (nSPS) is 25.9. The predicted octanol–water partition coefficient (Wildman–Crippen LogP) is 2.15. The summed E-state index contributed by atoms with van der Waals surface area (Å²) in [5.41, 5.74) is 3.99. The van der Waals surface area contributed by atoms with Crippen molar-refractivity contribution < 1.29 is 9.90 Å². The van der Waals surface area contributed by atoms with E-state index in [-0.39, 0.29) is 5.92 Å². The van der Waals surface area contributed by atoms with Gasteiger partial charge in [0.15, 0.2) is 0 Å². The average molecular weight is 288 g/mol. The van der Waals surface area contributed by atoms with Crippen molar-refractivity contribution in [3.05, 3.63) is 29.3 Å². The lowest BCUT2D eigenvalue weighted by Gasteiger charge is -2.37. The van der Waals surface area contributed by atoms with E-state index < -0.39 is 5.97 Å². The van der Waals surface area contributed by atoms with E-state index in [1.165, 1.54) is 16.8 Å². The van der Waals surface area contributed by atoms with Crippen LogP contribution in [-0.2, 0) is 4.79 Å². The summed E-state index contributed by atoms with van der Waals surface area (Å²) >= 11 is 0. The molecule has 0 aromatic heterocycles. The molecule has 1 N–H and O–H groups in total. The Labute approximate surface area is 126 Å². The molecule has 4 heteroatoms. The standard InChI is InChI=1S/C17H24N2O2/c1-12-3-4-13(2)16(9-12)19-7-5-18(6-8-19)11-14-10-15(14)17(20)21/h3-4,9,14-15H,5-8,10-11H2,1-2H3,(H,20,21)/t14-,15?/m0/s1. The number of hydrogen-bond acceptors (Lipinski definition) is 3. The molecule has 1 aliphatic carbocycles. The van der Waals surface area contributed by atoms with E-state index in [0.29, 0.717) is 5.92 Å². The topological polar surface area (TPSA) is 43.8 Å². The molecule has 0 radical (unpaired) electrons. The number of carboxylic acid groups (broad SMARTS) is 1. The maximum absolute atomic E-state index is 10.9. The molecule has 1 saturated carbocycles. The molecule has 4 nitrogen and oxygen atoms in total. The first-order chi connectivity index (χ1) is 10.0. The van der Waals surface area contributed by atoms with Crippen molar-refractivity contribution in [2.75, 3.05) is 37.6 Å². The van der Waals surface area contributed by atoms with Gasteiger partial charge in [-0.1, -0.05) is 12.1 Å². The molecule has 114 valence electrons. The number of carbonyl (C=O) groups is 1. The molecule has 1 aromatic carbocycles. The molecule has 0 amide bonds. The van der Waals surface area contributed by atoms with Crippen LogP contribution < -0.4 is 4.90 Å². The predicted molar refractivity (Wildman–Crippen MR) is 83.8 cm³/mol. The second-order valence-corrected chi connectivity index (χ2v) is 6.52. The van der Waals surface area contributed by atoms with Crippen molar-refractivity contribution in [3.8, 4) is 0 Å². The largest absolute Gasteiger partial charge is 0.481 e. The van der Waals surface area contributed by atoms with Crippen molar-refractivity contribution in [3.63, 3.8) is 0 Å². The summed E-state index contributed by atoms with van der Waals surface area (Å²) in [5.74, 6) is -0.314. The van der Waals surface area contributed by atoms with Crippen LogP contribution in [0.1, 0.15) is 17.5 Å². The fourth-order valence-electron chi connectivity index (χ4n) is 3.31. The number of rotatable bonds is 4. The Kier molecular flexibility index (Phi) is 3.89. The van der Waals surface area contributed by atoms with Gasteiger partial charge in [0.05, 0.1) is 5.92 Å². The van der Waals surface area contributed by atoms with Crippen LogP contribution in [0.25, 0.3) is 0 Å². The fraction of sp³-hybridized carbons (Fsp3) is 0.588. The number of hydrogen-bond donors (Lipinski definition) is 1. The van der Waals surface area contributed by atoms with Crippen LogP contribution in [0.5, 0.6) is 0 Å². The molecule has 21 heavy (non-hydrogen) atoms.